The zero-order valence-corrected chi connectivity index (χ0v) is 22.6. The van der Waals surface area contributed by atoms with Crippen LogP contribution < -0.4 is 15.8 Å². The van der Waals surface area contributed by atoms with Crippen molar-refractivity contribution in [2.45, 2.75) is 50.6 Å². The minimum atomic E-state index is 0.00366. The first kappa shape index (κ1) is 26.0. The molecule has 2 aromatic carbocycles. The van der Waals surface area contributed by atoms with Gasteiger partial charge in [0.25, 0.3) is 0 Å². The molecule has 2 aromatic heterocycles. The number of nitrogens with one attached hydrogen (secondary N) is 1. The molecule has 9 nitrogen and oxygen atoms in total. The molecule has 1 saturated carbocycles. The highest BCUT2D eigenvalue weighted by Crippen LogP contribution is 2.35. The van der Waals surface area contributed by atoms with Gasteiger partial charge in [-0.1, -0.05) is 43.5 Å². The Morgan fingerprint density at radius 2 is 1.77 bits per heavy atom. The monoisotopic (exact) mass is 537 g/mol. The third-order valence-corrected chi connectivity index (χ3v) is 7.84. The lowest BCUT2D eigenvalue weighted by Gasteiger charge is -2.22. The number of aromatic nitrogens is 4. The first-order valence-electron chi connectivity index (χ1n) is 14.2. The third-order valence-electron chi connectivity index (χ3n) is 7.84. The van der Waals surface area contributed by atoms with Crippen LogP contribution in [0.4, 0.5) is 5.82 Å². The summed E-state index contributed by atoms with van der Waals surface area (Å²) in [5, 5.41) is 9.24. The number of carbonyl (C=O) groups excluding carboxylic acids is 1. The van der Waals surface area contributed by atoms with Gasteiger partial charge in [-0.15, -0.1) is 0 Å². The van der Waals surface area contributed by atoms with E-state index in [0.29, 0.717) is 30.6 Å². The van der Waals surface area contributed by atoms with Crippen LogP contribution in [0.1, 0.15) is 44.6 Å². The molecule has 206 valence electrons. The summed E-state index contributed by atoms with van der Waals surface area (Å²) < 4.78 is 7.86. The largest absolute Gasteiger partial charge is 0.457 e. The van der Waals surface area contributed by atoms with Gasteiger partial charge in [-0.3, -0.25) is 4.79 Å². The zero-order chi connectivity index (χ0) is 27.3. The number of nitrogens with two attached hydrogens (primary N) is 1. The average Bonchev–Trinajstić information content (AvgIpc) is 3.63. The number of carbonyl (C=O) groups is 1. The molecule has 1 saturated heterocycles. The average molecular weight is 538 g/mol. The van der Waals surface area contributed by atoms with Crippen molar-refractivity contribution in [1.82, 2.24) is 30.0 Å². The normalized spacial score (nSPS) is 18.1. The maximum absolute atomic E-state index is 12.9. The molecule has 0 radical (unpaired) electrons. The van der Waals surface area contributed by atoms with E-state index in [1.54, 1.807) is 6.08 Å². The van der Waals surface area contributed by atoms with Gasteiger partial charge in [0.1, 0.15) is 29.3 Å². The van der Waals surface area contributed by atoms with E-state index in [0.717, 1.165) is 41.1 Å². The second kappa shape index (κ2) is 11.9. The quantitative estimate of drug-likeness (QED) is 0.300. The number of ether oxygens (including phenoxy) is 1. The van der Waals surface area contributed by atoms with Gasteiger partial charge in [-0.25, -0.2) is 14.6 Å². The van der Waals surface area contributed by atoms with Crippen LogP contribution in [0.25, 0.3) is 22.3 Å². The fourth-order valence-corrected chi connectivity index (χ4v) is 5.71. The van der Waals surface area contributed by atoms with Gasteiger partial charge in [-0.2, -0.15) is 5.10 Å². The SMILES string of the molecule is Nc1ncnc2c1c(-c1ccc(Oc3ccccc3)cc1)nn2[C@@H]1CCN(C(=O)/C=C/CNC2CCCCC2)C1. The lowest BCUT2D eigenvalue weighted by Crippen LogP contribution is -2.31. The fraction of sp³-hybridized carbons (Fsp3) is 0.355. The number of benzene rings is 2. The van der Waals surface area contributed by atoms with E-state index in [4.69, 9.17) is 15.6 Å². The summed E-state index contributed by atoms with van der Waals surface area (Å²) >= 11 is 0. The maximum atomic E-state index is 12.9. The van der Waals surface area contributed by atoms with Gasteiger partial charge >= 0.3 is 0 Å². The Labute approximate surface area is 234 Å². The summed E-state index contributed by atoms with van der Waals surface area (Å²) in [6.45, 7) is 1.97. The molecule has 2 aliphatic rings. The topological polar surface area (TPSA) is 111 Å². The van der Waals surface area contributed by atoms with Gasteiger partial charge in [0, 0.05) is 37.3 Å². The van der Waals surface area contributed by atoms with Crippen molar-refractivity contribution in [3.05, 3.63) is 73.1 Å². The molecular formula is C31H35N7O2. The maximum Gasteiger partial charge on any atom is 0.246 e. The molecule has 6 rings (SSSR count). The van der Waals surface area contributed by atoms with Crippen molar-refractivity contribution in [2.75, 3.05) is 25.4 Å². The molecular weight excluding hydrogens is 502 g/mol. The first-order chi connectivity index (χ1) is 19.7. The molecule has 0 unspecified atom stereocenters. The van der Waals surface area contributed by atoms with E-state index in [1.165, 1.54) is 38.4 Å². The van der Waals surface area contributed by atoms with Crippen molar-refractivity contribution < 1.29 is 9.53 Å². The van der Waals surface area contributed by atoms with Crippen LogP contribution in [-0.2, 0) is 4.79 Å². The number of para-hydroxylation sites is 1. The van der Waals surface area contributed by atoms with Crippen LogP contribution in [0.5, 0.6) is 11.5 Å². The molecule has 0 spiro atoms. The van der Waals surface area contributed by atoms with Crippen LogP contribution in [0, 0.1) is 0 Å². The molecule has 1 aliphatic carbocycles. The number of nitrogen functional groups attached to an aromatic ring is 1. The Balaban J connectivity index is 1.16. The lowest BCUT2D eigenvalue weighted by atomic mass is 9.95. The summed E-state index contributed by atoms with van der Waals surface area (Å²) in [5.74, 6) is 1.93. The summed E-state index contributed by atoms with van der Waals surface area (Å²) in [7, 11) is 0. The van der Waals surface area contributed by atoms with Gasteiger partial charge in [-0.05, 0) is 55.7 Å². The van der Waals surface area contributed by atoms with Crippen molar-refractivity contribution in [3.8, 4) is 22.8 Å². The van der Waals surface area contributed by atoms with Gasteiger partial charge < -0.3 is 20.7 Å². The van der Waals surface area contributed by atoms with E-state index < -0.39 is 0 Å². The second-order valence-electron chi connectivity index (χ2n) is 10.6. The molecule has 3 N–H and O–H groups in total. The number of anilines is 1. The third kappa shape index (κ3) is 5.70. The lowest BCUT2D eigenvalue weighted by molar-refractivity contribution is -0.125. The standard InChI is InChI=1S/C31H35N7O2/c32-30-28-29(22-13-15-26(16-14-22)40-25-10-5-2-6-11-25)36-38(31(28)35-21-34-30)24-17-19-37(20-24)27(39)12-7-18-33-23-8-3-1-4-9-23/h2,5-7,10-16,21,23-24,33H,1,3-4,8-9,17-20H2,(H2,32,34,35)/b12-7+/t24-/m1/s1. The molecule has 0 bridgehead atoms. The second-order valence-corrected chi connectivity index (χ2v) is 10.6. The molecule has 1 aliphatic heterocycles. The minimum Gasteiger partial charge on any atom is -0.457 e. The Hall–Kier alpha value is -4.24. The molecule has 4 aromatic rings. The van der Waals surface area contributed by atoms with Crippen LogP contribution in [0.3, 0.4) is 0 Å². The highest BCUT2D eigenvalue weighted by Gasteiger charge is 2.30. The van der Waals surface area contributed by atoms with Gasteiger partial charge in [0.2, 0.25) is 5.91 Å². The van der Waals surface area contributed by atoms with E-state index in [2.05, 4.69) is 15.3 Å². The van der Waals surface area contributed by atoms with E-state index in [1.807, 2.05) is 70.3 Å². The molecule has 1 atom stereocenters. The van der Waals surface area contributed by atoms with Crippen LogP contribution in [0.2, 0.25) is 0 Å². The first-order valence-corrected chi connectivity index (χ1v) is 14.2. The molecule has 1 amide bonds. The highest BCUT2D eigenvalue weighted by atomic mass is 16.5. The Morgan fingerprint density at radius 3 is 2.58 bits per heavy atom. The molecule has 3 heterocycles. The van der Waals surface area contributed by atoms with E-state index in [-0.39, 0.29) is 11.9 Å². The fourth-order valence-electron chi connectivity index (χ4n) is 5.71. The predicted octanol–water partition coefficient (Wildman–Crippen LogP) is 5.12. The number of fused-ring (bicyclic) bond motifs is 1. The van der Waals surface area contributed by atoms with Gasteiger partial charge in [0.15, 0.2) is 5.65 Å². The Morgan fingerprint density at radius 1 is 1.00 bits per heavy atom. The van der Waals surface area contributed by atoms with Crippen LogP contribution in [0.15, 0.2) is 73.1 Å². The van der Waals surface area contributed by atoms with Gasteiger partial charge in [0.05, 0.1) is 11.4 Å². The van der Waals surface area contributed by atoms with Crippen LogP contribution >= 0.6 is 0 Å². The molecule has 9 heteroatoms. The Kier molecular flexibility index (Phi) is 7.72. The van der Waals surface area contributed by atoms with Crippen molar-refractivity contribution in [3.63, 3.8) is 0 Å². The van der Waals surface area contributed by atoms with Crippen LogP contribution in [-0.4, -0.2) is 56.2 Å². The summed E-state index contributed by atoms with van der Waals surface area (Å²) in [4.78, 5) is 23.6. The van der Waals surface area contributed by atoms with Crippen molar-refractivity contribution >= 4 is 22.8 Å². The highest BCUT2D eigenvalue weighted by molar-refractivity contribution is 5.98. The number of hydrogen-bond acceptors (Lipinski definition) is 7. The predicted molar refractivity (Wildman–Crippen MR) is 156 cm³/mol. The number of amides is 1. The zero-order valence-electron chi connectivity index (χ0n) is 22.6. The number of rotatable bonds is 8. The summed E-state index contributed by atoms with van der Waals surface area (Å²) in [6.07, 6.45) is 12.3. The number of nitrogens with zero attached hydrogens (tertiary/aromatic N) is 5. The number of hydrogen-bond donors (Lipinski definition) is 2. The summed E-state index contributed by atoms with van der Waals surface area (Å²) in [5.41, 5.74) is 8.62. The molecule has 40 heavy (non-hydrogen) atoms. The Bertz CT molecular complexity index is 1480. The van der Waals surface area contributed by atoms with E-state index >= 15 is 0 Å². The number of likely N-dealkylation sites (tertiary alicyclic amines) is 1. The summed E-state index contributed by atoms with van der Waals surface area (Å²) in [6, 6.07) is 18.0. The van der Waals surface area contributed by atoms with E-state index in [9.17, 15) is 4.79 Å². The van der Waals surface area contributed by atoms with Crippen molar-refractivity contribution in [2.24, 2.45) is 0 Å². The minimum absolute atomic E-state index is 0.00366. The molecule has 2 fully saturated rings. The smallest absolute Gasteiger partial charge is 0.246 e. The van der Waals surface area contributed by atoms with Crippen molar-refractivity contribution in [1.29, 1.82) is 0 Å².